The normalized spacial score (nSPS) is 11.9. The molecule has 6 heteroatoms. The van der Waals surface area contributed by atoms with E-state index in [1.807, 2.05) is 0 Å². The Hall–Kier alpha value is -1.92. The molecule has 1 aromatic carbocycles. The number of para-hydroxylation sites is 1. The number of benzene rings is 1. The topological polar surface area (TPSA) is 122 Å². The van der Waals surface area contributed by atoms with Gasteiger partial charge in [0.15, 0.2) is 6.04 Å². The number of ether oxygens (including phenoxy) is 1. The SMILES string of the molecule is [NH3+]CCCC[C@H]([NH3+])C(=O)Oc1ccccc1C(=O)[O-]. The van der Waals surface area contributed by atoms with Gasteiger partial charge >= 0.3 is 5.97 Å². The molecule has 104 valence electrons. The Morgan fingerprint density at radius 2 is 1.95 bits per heavy atom. The van der Waals surface area contributed by atoms with Gasteiger partial charge in [0, 0.05) is 12.0 Å². The maximum absolute atomic E-state index is 11.8. The Balaban J connectivity index is 2.64. The molecule has 1 rings (SSSR count). The van der Waals surface area contributed by atoms with Crippen LogP contribution >= 0.6 is 0 Å². The van der Waals surface area contributed by atoms with Gasteiger partial charge in [-0.1, -0.05) is 12.1 Å². The summed E-state index contributed by atoms with van der Waals surface area (Å²) in [4.78, 5) is 22.6. The first-order valence-corrected chi connectivity index (χ1v) is 6.20. The summed E-state index contributed by atoms with van der Waals surface area (Å²) < 4.78 is 5.06. The van der Waals surface area contributed by atoms with Crippen molar-refractivity contribution in [2.45, 2.75) is 25.3 Å². The van der Waals surface area contributed by atoms with Gasteiger partial charge in [-0.05, 0) is 25.0 Å². The summed E-state index contributed by atoms with van der Waals surface area (Å²) in [7, 11) is 0. The van der Waals surface area contributed by atoms with Crippen molar-refractivity contribution in [3.05, 3.63) is 29.8 Å². The highest BCUT2D eigenvalue weighted by atomic mass is 16.5. The molecule has 0 heterocycles. The Kier molecular flexibility index (Phi) is 5.98. The van der Waals surface area contributed by atoms with Crippen LogP contribution in [0.3, 0.4) is 0 Å². The van der Waals surface area contributed by atoms with E-state index in [-0.39, 0.29) is 11.3 Å². The first-order valence-electron chi connectivity index (χ1n) is 6.20. The van der Waals surface area contributed by atoms with Crippen molar-refractivity contribution in [3.63, 3.8) is 0 Å². The van der Waals surface area contributed by atoms with Crippen molar-refractivity contribution in [2.75, 3.05) is 6.54 Å². The third kappa shape index (κ3) is 4.69. The zero-order chi connectivity index (χ0) is 14.3. The molecule has 6 N–H and O–H groups in total. The van der Waals surface area contributed by atoms with Crippen LogP contribution in [-0.2, 0) is 4.79 Å². The summed E-state index contributed by atoms with van der Waals surface area (Å²) in [5, 5.41) is 10.9. The van der Waals surface area contributed by atoms with E-state index in [1.165, 1.54) is 12.1 Å². The van der Waals surface area contributed by atoms with Crippen molar-refractivity contribution in [1.82, 2.24) is 0 Å². The van der Waals surface area contributed by atoms with Crippen molar-refractivity contribution >= 4 is 11.9 Å². The molecule has 1 atom stereocenters. The van der Waals surface area contributed by atoms with Gasteiger partial charge in [-0.15, -0.1) is 0 Å². The van der Waals surface area contributed by atoms with Gasteiger partial charge in [0.05, 0.1) is 12.5 Å². The van der Waals surface area contributed by atoms with Gasteiger partial charge in [0.2, 0.25) is 0 Å². The second-order valence-electron chi connectivity index (χ2n) is 4.25. The minimum atomic E-state index is -1.37. The number of hydrogen-bond acceptors (Lipinski definition) is 4. The number of quaternary nitrogens is 2. The molecule has 19 heavy (non-hydrogen) atoms. The lowest BCUT2D eigenvalue weighted by molar-refractivity contribution is -0.409. The molecule has 0 aromatic heterocycles. The van der Waals surface area contributed by atoms with Crippen LogP contribution in [0.5, 0.6) is 5.75 Å². The first-order chi connectivity index (χ1) is 9.06. The predicted octanol–water partition coefficient (Wildman–Crippen LogP) is -2.02. The van der Waals surface area contributed by atoms with Crippen molar-refractivity contribution in [3.8, 4) is 5.75 Å². The summed E-state index contributed by atoms with van der Waals surface area (Å²) in [6.45, 7) is 0.815. The highest BCUT2D eigenvalue weighted by Gasteiger charge is 2.20. The number of rotatable bonds is 7. The number of esters is 1. The number of carbonyl (C=O) groups is 2. The smallest absolute Gasteiger partial charge is 0.370 e. The van der Waals surface area contributed by atoms with Crippen molar-refractivity contribution in [1.29, 1.82) is 0 Å². The van der Waals surface area contributed by atoms with Gasteiger partial charge in [-0.25, -0.2) is 4.79 Å². The maximum Gasteiger partial charge on any atom is 0.370 e. The number of hydrogen-bond donors (Lipinski definition) is 2. The molecule has 0 aliphatic carbocycles. The number of carboxylic acids is 1. The molecule has 0 spiro atoms. The molecule has 0 unspecified atom stereocenters. The van der Waals surface area contributed by atoms with E-state index in [0.29, 0.717) is 6.42 Å². The number of aromatic carboxylic acids is 1. The molecule has 0 fully saturated rings. The van der Waals surface area contributed by atoms with Crippen molar-refractivity contribution < 1.29 is 30.9 Å². The molecular formula is C13H19N2O4+. The largest absolute Gasteiger partial charge is 0.545 e. The summed E-state index contributed by atoms with van der Waals surface area (Å²) in [6.07, 6.45) is 2.37. The van der Waals surface area contributed by atoms with Gasteiger partial charge in [0.1, 0.15) is 5.75 Å². The highest BCUT2D eigenvalue weighted by molar-refractivity contribution is 5.90. The molecule has 0 aliphatic heterocycles. The monoisotopic (exact) mass is 267 g/mol. The number of carbonyl (C=O) groups excluding carboxylic acids is 2. The fraction of sp³-hybridized carbons (Fsp3) is 0.385. The summed E-state index contributed by atoms with van der Waals surface area (Å²) in [5.41, 5.74) is 7.30. The fourth-order valence-corrected chi connectivity index (χ4v) is 1.60. The average molecular weight is 267 g/mol. The summed E-state index contributed by atoms with van der Waals surface area (Å²) in [5.74, 6) is -1.91. The summed E-state index contributed by atoms with van der Waals surface area (Å²) >= 11 is 0. The van der Waals surface area contributed by atoms with Gasteiger partial charge in [0.25, 0.3) is 0 Å². The van der Waals surface area contributed by atoms with Crippen LogP contribution < -0.4 is 21.3 Å². The molecule has 0 amide bonds. The van der Waals surface area contributed by atoms with Gasteiger partial charge in [-0.2, -0.15) is 0 Å². The first kappa shape index (κ1) is 15.1. The molecule has 0 saturated heterocycles. The van der Waals surface area contributed by atoms with Crippen LogP contribution in [0.1, 0.15) is 29.6 Å². The van der Waals surface area contributed by atoms with E-state index in [4.69, 9.17) is 4.74 Å². The molecule has 0 radical (unpaired) electrons. The quantitative estimate of drug-likeness (QED) is 0.336. The Morgan fingerprint density at radius 1 is 1.26 bits per heavy atom. The third-order valence-corrected chi connectivity index (χ3v) is 2.70. The van der Waals surface area contributed by atoms with Crippen LogP contribution in [0.15, 0.2) is 24.3 Å². The van der Waals surface area contributed by atoms with Crippen LogP contribution in [0, 0.1) is 0 Å². The van der Waals surface area contributed by atoms with Crippen molar-refractivity contribution in [2.24, 2.45) is 0 Å². The lowest BCUT2D eigenvalue weighted by atomic mass is 10.1. The van der Waals surface area contributed by atoms with Crippen LogP contribution in [-0.4, -0.2) is 24.5 Å². The van der Waals surface area contributed by atoms with E-state index in [0.717, 1.165) is 19.4 Å². The molecule has 0 aliphatic rings. The minimum Gasteiger partial charge on any atom is -0.545 e. The van der Waals surface area contributed by atoms with Gasteiger partial charge in [-0.3, -0.25) is 0 Å². The second kappa shape index (κ2) is 7.50. The second-order valence-corrected chi connectivity index (χ2v) is 4.25. The fourth-order valence-electron chi connectivity index (χ4n) is 1.60. The lowest BCUT2D eigenvalue weighted by Gasteiger charge is -2.12. The molecule has 0 saturated carbocycles. The van der Waals surface area contributed by atoms with E-state index in [2.05, 4.69) is 11.5 Å². The number of carboxylic acid groups (broad SMARTS) is 1. The third-order valence-electron chi connectivity index (χ3n) is 2.70. The Morgan fingerprint density at radius 3 is 2.58 bits per heavy atom. The van der Waals surface area contributed by atoms with Crippen LogP contribution in [0.25, 0.3) is 0 Å². The standard InChI is InChI=1S/C13H18N2O4/c14-8-4-3-6-10(15)13(18)19-11-7-2-1-5-9(11)12(16)17/h1-2,5,7,10H,3-4,6,8,14-15H2,(H,16,17)/p+1/t10-/m0/s1. The lowest BCUT2D eigenvalue weighted by Crippen LogP contribution is -2.66. The zero-order valence-corrected chi connectivity index (χ0v) is 10.8. The Bertz CT molecular complexity index is 448. The van der Waals surface area contributed by atoms with E-state index in [9.17, 15) is 14.7 Å². The molecule has 6 nitrogen and oxygen atoms in total. The minimum absolute atomic E-state index is 0.00157. The van der Waals surface area contributed by atoms with E-state index >= 15 is 0 Å². The molecule has 1 aromatic rings. The predicted molar refractivity (Wildman–Crippen MR) is 64.7 cm³/mol. The van der Waals surface area contributed by atoms with Gasteiger partial charge < -0.3 is 26.1 Å². The molecule has 0 bridgehead atoms. The van der Waals surface area contributed by atoms with Crippen LogP contribution in [0.4, 0.5) is 0 Å². The molecular weight excluding hydrogens is 248 g/mol. The Labute approximate surface area is 111 Å². The highest BCUT2D eigenvalue weighted by Crippen LogP contribution is 2.17. The van der Waals surface area contributed by atoms with Crippen LogP contribution in [0.2, 0.25) is 0 Å². The number of unbranched alkanes of at least 4 members (excludes halogenated alkanes) is 1. The maximum atomic E-state index is 11.8. The van der Waals surface area contributed by atoms with E-state index < -0.39 is 18.0 Å². The van der Waals surface area contributed by atoms with E-state index in [1.54, 1.807) is 12.1 Å². The summed E-state index contributed by atoms with van der Waals surface area (Å²) in [6, 6.07) is 5.38. The zero-order valence-electron chi connectivity index (χ0n) is 10.8. The average Bonchev–Trinajstić information content (AvgIpc) is 2.39.